The minimum absolute atomic E-state index is 0.118. The second kappa shape index (κ2) is 8.49. The number of aliphatic hydroxyl groups is 1. The molecule has 2 N–H and O–H groups in total. The molecule has 0 spiro atoms. The van der Waals surface area contributed by atoms with Crippen molar-refractivity contribution in [1.82, 2.24) is 9.78 Å². The van der Waals surface area contributed by atoms with Gasteiger partial charge in [0.25, 0.3) is 5.91 Å². The third-order valence-corrected chi connectivity index (χ3v) is 6.02. The van der Waals surface area contributed by atoms with Crippen LogP contribution in [-0.2, 0) is 9.53 Å². The Labute approximate surface area is 165 Å². The van der Waals surface area contributed by atoms with Crippen LogP contribution in [0.3, 0.4) is 0 Å². The van der Waals surface area contributed by atoms with Crippen LogP contribution in [0.4, 0.5) is 5.69 Å². The Balaban J connectivity index is 1.53. The van der Waals surface area contributed by atoms with E-state index in [1.165, 1.54) is 0 Å². The van der Waals surface area contributed by atoms with Crippen molar-refractivity contribution in [2.24, 2.45) is 5.92 Å². The van der Waals surface area contributed by atoms with Crippen molar-refractivity contribution in [3.05, 3.63) is 18.3 Å². The summed E-state index contributed by atoms with van der Waals surface area (Å²) in [5.74, 6) is 0.906. The topological polar surface area (TPSA) is 85.6 Å². The molecule has 2 heterocycles. The Morgan fingerprint density at radius 1 is 1.29 bits per heavy atom. The number of carbonyl (C=O) groups excluding carboxylic acids is 1. The van der Waals surface area contributed by atoms with Crippen molar-refractivity contribution in [1.29, 1.82) is 0 Å². The molecule has 0 bridgehead atoms. The van der Waals surface area contributed by atoms with Crippen molar-refractivity contribution >= 4 is 22.5 Å². The van der Waals surface area contributed by atoms with E-state index in [2.05, 4.69) is 5.32 Å². The average Bonchev–Trinajstić information content (AvgIpc) is 3.16. The second-order valence-electron chi connectivity index (χ2n) is 7.92. The first-order chi connectivity index (χ1) is 13.7. The van der Waals surface area contributed by atoms with E-state index in [-0.39, 0.29) is 12.5 Å². The molecule has 0 unspecified atom stereocenters. The summed E-state index contributed by atoms with van der Waals surface area (Å²) >= 11 is 0. The normalized spacial score (nSPS) is 25.6. The zero-order chi connectivity index (χ0) is 19.5. The Hall–Kier alpha value is -2.12. The molecule has 0 radical (unpaired) electrons. The van der Waals surface area contributed by atoms with Gasteiger partial charge in [0.2, 0.25) is 0 Å². The number of aliphatic hydroxyl groups excluding tert-OH is 1. The summed E-state index contributed by atoms with van der Waals surface area (Å²) < 4.78 is 13.1. The smallest absolute Gasteiger partial charge is 0.253 e. The number of nitrogens with zero attached hydrogens (tertiary/aromatic N) is 2. The highest BCUT2D eigenvalue weighted by Crippen LogP contribution is 2.35. The molecule has 1 saturated carbocycles. The van der Waals surface area contributed by atoms with Crippen molar-refractivity contribution in [2.45, 2.75) is 57.1 Å². The fourth-order valence-electron chi connectivity index (χ4n) is 4.28. The van der Waals surface area contributed by atoms with Crippen LogP contribution in [0, 0.1) is 5.92 Å². The quantitative estimate of drug-likeness (QED) is 0.822. The van der Waals surface area contributed by atoms with Crippen LogP contribution in [0.2, 0.25) is 0 Å². The van der Waals surface area contributed by atoms with Gasteiger partial charge in [-0.3, -0.25) is 9.48 Å². The zero-order valence-electron chi connectivity index (χ0n) is 16.4. The van der Waals surface area contributed by atoms with Gasteiger partial charge in [0.15, 0.2) is 0 Å². The lowest BCUT2D eigenvalue weighted by Crippen LogP contribution is -2.33. The Morgan fingerprint density at radius 2 is 2.11 bits per heavy atom. The predicted molar refractivity (Wildman–Crippen MR) is 107 cm³/mol. The summed E-state index contributed by atoms with van der Waals surface area (Å²) in [5.41, 5.74) is 1.51. The number of amides is 1. The third kappa shape index (κ3) is 4.00. The highest BCUT2D eigenvalue weighted by Gasteiger charge is 2.25. The Morgan fingerprint density at radius 3 is 2.79 bits per heavy atom. The molecule has 28 heavy (non-hydrogen) atoms. The lowest BCUT2D eigenvalue weighted by atomic mass is 9.87. The zero-order valence-corrected chi connectivity index (χ0v) is 16.4. The highest BCUT2D eigenvalue weighted by atomic mass is 16.5. The van der Waals surface area contributed by atoms with Crippen LogP contribution in [0.15, 0.2) is 18.3 Å². The molecule has 1 saturated heterocycles. The van der Waals surface area contributed by atoms with Crippen molar-refractivity contribution in [3.63, 3.8) is 0 Å². The van der Waals surface area contributed by atoms with Crippen LogP contribution in [0.5, 0.6) is 5.75 Å². The number of anilines is 1. The van der Waals surface area contributed by atoms with Gasteiger partial charge in [-0.1, -0.05) is 0 Å². The molecule has 1 aromatic heterocycles. The predicted octanol–water partition coefficient (Wildman–Crippen LogP) is 3.28. The first-order valence-corrected chi connectivity index (χ1v) is 10.3. The minimum atomic E-state index is -0.390. The number of carbonyl (C=O) groups is 1. The fourth-order valence-corrected chi connectivity index (χ4v) is 4.28. The molecule has 1 aromatic carbocycles. The molecule has 1 aliphatic carbocycles. The second-order valence-corrected chi connectivity index (χ2v) is 7.92. The van der Waals surface area contributed by atoms with Gasteiger partial charge in [0, 0.05) is 30.9 Å². The number of rotatable bonds is 5. The molecule has 1 amide bonds. The molecule has 2 aliphatic rings. The lowest BCUT2D eigenvalue weighted by molar-refractivity contribution is -0.129. The molecule has 152 valence electrons. The monoisotopic (exact) mass is 387 g/mol. The van der Waals surface area contributed by atoms with E-state index in [1.807, 2.05) is 23.0 Å². The lowest BCUT2D eigenvalue weighted by Gasteiger charge is -2.27. The number of methoxy groups -OCH3 is 1. The minimum Gasteiger partial charge on any atom is -0.494 e. The standard InChI is InChI=1S/C21H29N3O4/c1-27-20-11-17-15(10-18(20)22-21(26)19-4-2-3-9-28-19)12-24(23-17)16-7-5-14(13-25)6-8-16/h10-12,14,16,19,25H,2-9,13H2,1H3,(H,22,26)/t14?,16?,19-/m1/s1. The van der Waals surface area contributed by atoms with Gasteiger partial charge in [-0.25, -0.2) is 0 Å². The SMILES string of the molecule is COc1cc2nn(C3CCC(CO)CC3)cc2cc1NC(=O)[C@H]1CCCCO1. The molecular weight excluding hydrogens is 358 g/mol. The third-order valence-electron chi connectivity index (χ3n) is 6.02. The van der Waals surface area contributed by atoms with E-state index >= 15 is 0 Å². The van der Waals surface area contributed by atoms with Crippen molar-refractivity contribution in [2.75, 3.05) is 25.6 Å². The molecule has 1 aliphatic heterocycles. The largest absolute Gasteiger partial charge is 0.494 e. The van der Waals surface area contributed by atoms with Gasteiger partial charge in [-0.05, 0) is 56.9 Å². The van der Waals surface area contributed by atoms with Gasteiger partial charge in [-0.15, -0.1) is 0 Å². The van der Waals surface area contributed by atoms with Gasteiger partial charge >= 0.3 is 0 Å². The van der Waals surface area contributed by atoms with Crippen LogP contribution in [-0.4, -0.2) is 47.2 Å². The van der Waals surface area contributed by atoms with E-state index < -0.39 is 6.10 Å². The Bertz CT molecular complexity index is 820. The summed E-state index contributed by atoms with van der Waals surface area (Å²) in [4.78, 5) is 12.6. The summed E-state index contributed by atoms with van der Waals surface area (Å²) in [6.45, 7) is 0.915. The van der Waals surface area contributed by atoms with Gasteiger partial charge < -0.3 is 19.9 Å². The molecule has 7 nitrogen and oxygen atoms in total. The number of hydrogen-bond donors (Lipinski definition) is 2. The maximum Gasteiger partial charge on any atom is 0.253 e. The number of nitrogens with one attached hydrogen (secondary N) is 1. The van der Waals surface area contributed by atoms with E-state index in [0.29, 0.717) is 30.0 Å². The number of ether oxygens (including phenoxy) is 2. The van der Waals surface area contributed by atoms with E-state index in [1.54, 1.807) is 7.11 Å². The molecule has 4 rings (SSSR count). The van der Waals surface area contributed by atoms with E-state index in [9.17, 15) is 9.90 Å². The Kier molecular flexibility index (Phi) is 5.82. The molecule has 1 atom stereocenters. The van der Waals surface area contributed by atoms with Gasteiger partial charge in [0.1, 0.15) is 11.9 Å². The molecule has 2 fully saturated rings. The van der Waals surface area contributed by atoms with E-state index in [4.69, 9.17) is 14.6 Å². The number of hydrogen-bond acceptors (Lipinski definition) is 5. The van der Waals surface area contributed by atoms with Crippen molar-refractivity contribution in [3.8, 4) is 5.75 Å². The first-order valence-electron chi connectivity index (χ1n) is 10.3. The number of benzene rings is 1. The fraction of sp³-hybridized carbons (Fsp3) is 0.619. The number of fused-ring (bicyclic) bond motifs is 1. The maximum atomic E-state index is 12.6. The molecular formula is C21H29N3O4. The average molecular weight is 387 g/mol. The van der Waals surface area contributed by atoms with Gasteiger partial charge in [0.05, 0.1) is 24.4 Å². The van der Waals surface area contributed by atoms with Crippen LogP contribution in [0.1, 0.15) is 51.0 Å². The van der Waals surface area contributed by atoms with E-state index in [0.717, 1.165) is 55.8 Å². The van der Waals surface area contributed by atoms with Crippen LogP contribution < -0.4 is 10.1 Å². The highest BCUT2D eigenvalue weighted by molar-refractivity contribution is 5.98. The van der Waals surface area contributed by atoms with Crippen molar-refractivity contribution < 1.29 is 19.4 Å². The maximum absolute atomic E-state index is 12.6. The first kappa shape index (κ1) is 19.2. The van der Waals surface area contributed by atoms with Crippen LogP contribution >= 0.6 is 0 Å². The summed E-state index contributed by atoms with van der Waals surface area (Å²) in [5, 5.41) is 18.0. The number of aromatic nitrogens is 2. The molecule has 7 heteroatoms. The summed E-state index contributed by atoms with van der Waals surface area (Å²) in [6.07, 6.45) is 8.55. The summed E-state index contributed by atoms with van der Waals surface area (Å²) in [6, 6.07) is 4.16. The van der Waals surface area contributed by atoms with Crippen LogP contribution in [0.25, 0.3) is 10.9 Å². The van der Waals surface area contributed by atoms with Gasteiger partial charge in [-0.2, -0.15) is 5.10 Å². The molecule has 2 aromatic rings. The summed E-state index contributed by atoms with van der Waals surface area (Å²) in [7, 11) is 1.60.